The molecule has 4 N–H and O–H groups in total. The Hall–Kier alpha value is -3.92. The quantitative estimate of drug-likeness (QED) is 0.376. The van der Waals surface area contributed by atoms with Crippen molar-refractivity contribution in [3.05, 3.63) is 59.3 Å². The van der Waals surface area contributed by atoms with Gasteiger partial charge in [0.2, 0.25) is 12.3 Å². The van der Waals surface area contributed by atoms with E-state index in [0.29, 0.717) is 19.6 Å². The van der Waals surface area contributed by atoms with E-state index in [1.54, 1.807) is 4.90 Å². The topological polar surface area (TPSA) is 122 Å². The lowest BCUT2D eigenvalue weighted by Crippen LogP contribution is -2.56. The average Bonchev–Trinajstić information content (AvgIpc) is 3.36. The van der Waals surface area contributed by atoms with Gasteiger partial charge in [0.05, 0.1) is 23.3 Å². The molecule has 0 bridgehead atoms. The fraction of sp³-hybridized carbons (Fsp3) is 0.467. The van der Waals surface area contributed by atoms with Gasteiger partial charge in [-0.15, -0.1) is 0 Å². The Balaban J connectivity index is 0.000000164. The number of nitrogens with one attached hydrogen (secondary N) is 4. The van der Waals surface area contributed by atoms with Gasteiger partial charge in [-0.1, -0.05) is 45.0 Å². The van der Waals surface area contributed by atoms with Gasteiger partial charge >= 0.3 is 6.03 Å². The predicted molar refractivity (Wildman–Crippen MR) is 155 cm³/mol. The van der Waals surface area contributed by atoms with Gasteiger partial charge in [0.15, 0.2) is 0 Å². The Morgan fingerprint density at radius 2 is 1.88 bits per heavy atom. The molecular weight excluding hydrogens is 506 g/mol. The van der Waals surface area contributed by atoms with Crippen LogP contribution in [0.4, 0.5) is 10.5 Å². The van der Waals surface area contributed by atoms with Gasteiger partial charge in [0, 0.05) is 42.8 Å². The number of nitrogens with zero attached hydrogens (tertiary/aromatic N) is 3. The standard InChI is InChI=1S/C17H24N4O.C13H15N3O2/c1-17(2,3)10-21-9-13-11(7-15(18-4)16(21)22)5-6-14-12(13)8-19-20-14;17-9-16-7-5-13(6-8-16)10-3-1-2-4-11(10)14-12(18)15-13/h5-6,8,15,18H,7,9-10H2,1-4H3,(H,19,20);1-4,9H,5-8H2,(H2,14,15,18). The number of fused-ring (bicyclic) bond motifs is 5. The summed E-state index contributed by atoms with van der Waals surface area (Å²) in [6.45, 7) is 9.26. The van der Waals surface area contributed by atoms with Crippen LogP contribution in [0.1, 0.15) is 50.3 Å². The number of urea groups is 1. The normalized spacial score (nSPS) is 20.1. The average molecular weight is 546 g/mol. The van der Waals surface area contributed by atoms with Crippen LogP contribution in [-0.4, -0.2) is 71.1 Å². The Morgan fingerprint density at radius 1 is 1.12 bits per heavy atom. The third-order valence-electron chi connectivity index (χ3n) is 8.07. The molecule has 40 heavy (non-hydrogen) atoms. The largest absolute Gasteiger partial charge is 0.345 e. The number of likely N-dealkylation sites (N-methyl/N-ethyl adjacent to an activating group) is 1. The number of amides is 4. The third-order valence-corrected chi connectivity index (χ3v) is 8.07. The second kappa shape index (κ2) is 10.9. The molecule has 2 aromatic carbocycles. The van der Waals surface area contributed by atoms with Crippen LogP contribution < -0.4 is 16.0 Å². The smallest absolute Gasteiger partial charge is 0.319 e. The highest BCUT2D eigenvalue weighted by Crippen LogP contribution is 2.39. The molecule has 1 fully saturated rings. The molecule has 1 spiro atoms. The summed E-state index contributed by atoms with van der Waals surface area (Å²) in [5.41, 5.74) is 5.24. The van der Waals surface area contributed by atoms with E-state index in [-0.39, 0.29) is 28.9 Å². The van der Waals surface area contributed by atoms with Crippen molar-refractivity contribution in [3.8, 4) is 0 Å². The van der Waals surface area contributed by atoms with Crippen molar-refractivity contribution in [2.75, 3.05) is 32.0 Å². The number of hydrogen-bond donors (Lipinski definition) is 4. The van der Waals surface area contributed by atoms with Gasteiger partial charge in [-0.05, 0) is 55.0 Å². The summed E-state index contributed by atoms with van der Waals surface area (Å²) in [5.74, 6) is 0.185. The van der Waals surface area contributed by atoms with Crippen molar-refractivity contribution in [3.63, 3.8) is 0 Å². The zero-order valence-corrected chi connectivity index (χ0v) is 23.7. The van der Waals surface area contributed by atoms with Crippen molar-refractivity contribution < 1.29 is 14.4 Å². The maximum absolute atomic E-state index is 12.8. The number of carbonyl (C=O) groups excluding carboxylic acids is 3. The zero-order chi connectivity index (χ0) is 28.5. The minimum atomic E-state index is -0.321. The van der Waals surface area contributed by atoms with Gasteiger partial charge in [0.1, 0.15) is 0 Å². The molecule has 3 aromatic rings. The fourth-order valence-electron chi connectivity index (χ4n) is 6.08. The number of hydrogen-bond acceptors (Lipinski definition) is 5. The van der Waals surface area contributed by atoms with Crippen LogP contribution in [0.2, 0.25) is 0 Å². The molecule has 4 heterocycles. The number of para-hydroxylation sites is 1. The molecule has 0 radical (unpaired) electrons. The third kappa shape index (κ3) is 5.54. The summed E-state index contributed by atoms with van der Waals surface area (Å²) in [6.07, 6.45) is 4.99. The SMILES string of the molecule is CNC1Cc2ccc3[nH]ncc3c2CN(CC(C)(C)C)C1=O.O=CN1CCC2(CC1)NC(=O)Nc1ccccc12. The first-order chi connectivity index (χ1) is 19.1. The molecule has 212 valence electrons. The van der Waals surface area contributed by atoms with Crippen molar-refractivity contribution >= 4 is 34.9 Å². The second-order valence-electron chi connectivity index (χ2n) is 12.2. The number of rotatable bonds is 3. The van der Waals surface area contributed by atoms with E-state index >= 15 is 0 Å². The fourth-order valence-corrected chi connectivity index (χ4v) is 6.08. The molecule has 6 rings (SSSR count). The molecule has 3 aliphatic heterocycles. The van der Waals surface area contributed by atoms with Gasteiger partial charge < -0.3 is 25.8 Å². The van der Waals surface area contributed by atoms with Crippen molar-refractivity contribution in [2.45, 2.75) is 58.2 Å². The Bertz CT molecular complexity index is 1400. The maximum atomic E-state index is 12.8. The predicted octanol–water partition coefficient (Wildman–Crippen LogP) is 3.35. The van der Waals surface area contributed by atoms with E-state index in [1.165, 1.54) is 11.1 Å². The summed E-state index contributed by atoms with van der Waals surface area (Å²) < 4.78 is 0. The highest BCUT2D eigenvalue weighted by molar-refractivity contribution is 5.93. The molecule has 10 nitrogen and oxygen atoms in total. The van der Waals surface area contributed by atoms with Crippen LogP contribution in [0.5, 0.6) is 0 Å². The highest BCUT2D eigenvalue weighted by Gasteiger charge is 2.41. The first-order valence-electron chi connectivity index (χ1n) is 13.9. The first-order valence-corrected chi connectivity index (χ1v) is 13.9. The molecule has 4 amide bonds. The molecule has 3 aliphatic rings. The summed E-state index contributed by atoms with van der Waals surface area (Å²) in [6, 6.07) is 11.7. The van der Waals surface area contributed by atoms with Crippen molar-refractivity contribution in [1.82, 2.24) is 30.6 Å². The number of likely N-dealkylation sites (tertiary alicyclic amines) is 1. The number of H-pyrrole nitrogens is 1. The van der Waals surface area contributed by atoms with Crippen LogP contribution in [0.15, 0.2) is 42.6 Å². The number of aromatic nitrogens is 2. The number of piperidine rings is 1. The lowest BCUT2D eigenvalue weighted by molar-refractivity contribution is -0.134. The Labute approximate surface area is 234 Å². The molecule has 1 saturated heterocycles. The lowest BCUT2D eigenvalue weighted by atomic mass is 9.79. The maximum Gasteiger partial charge on any atom is 0.319 e. The van der Waals surface area contributed by atoms with Crippen LogP contribution in [0.3, 0.4) is 0 Å². The van der Waals surface area contributed by atoms with E-state index < -0.39 is 0 Å². The van der Waals surface area contributed by atoms with Gasteiger partial charge in [0.25, 0.3) is 0 Å². The number of benzene rings is 2. The lowest BCUT2D eigenvalue weighted by Gasteiger charge is -2.44. The molecule has 0 aliphatic carbocycles. The zero-order valence-electron chi connectivity index (χ0n) is 23.7. The van der Waals surface area contributed by atoms with Crippen LogP contribution in [0, 0.1) is 5.41 Å². The molecule has 1 aromatic heterocycles. The Kier molecular flexibility index (Phi) is 7.55. The molecule has 10 heteroatoms. The minimum absolute atomic E-state index is 0.0722. The van der Waals surface area contributed by atoms with Crippen LogP contribution >= 0.6 is 0 Å². The van der Waals surface area contributed by atoms with Crippen LogP contribution in [-0.2, 0) is 28.1 Å². The summed E-state index contributed by atoms with van der Waals surface area (Å²) >= 11 is 0. The first kappa shape index (κ1) is 27.6. The monoisotopic (exact) mass is 545 g/mol. The van der Waals surface area contributed by atoms with Gasteiger partial charge in [-0.25, -0.2) is 4.79 Å². The number of anilines is 1. The number of aromatic amines is 1. The van der Waals surface area contributed by atoms with E-state index in [9.17, 15) is 14.4 Å². The van der Waals surface area contributed by atoms with E-state index in [0.717, 1.165) is 54.4 Å². The van der Waals surface area contributed by atoms with E-state index in [4.69, 9.17) is 0 Å². The van der Waals surface area contributed by atoms with Gasteiger partial charge in [-0.3, -0.25) is 14.7 Å². The minimum Gasteiger partial charge on any atom is -0.345 e. The van der Waals surface area contributed by atoms with E-state index in [1.807, 2.05) is 42.4 Å². The molecule has 1 atom stereocenters. The summed E-state index contributed by atoms with van der Waals surface area (Å²) in [7, 11) is 1.86. The summed E-state index contributed by atoms with van der Waals surface area (Å²) in [5, 5.41) is 17.3. The molecule has 1 unspecified atom stereocenters. The van der Waals surface area contributed by atoms with Crippen LogP contribution in [0.25, 0.3) is 10.9 Å². The van der Waals surface area contributed by atoms with Gasteiger partial charge in [-0.2, -0.15) is 5.10 Å². The number of carbonyl (C=O) groups is 3. The van der Waals surface area contributed by atoms with Crippen molar-refractivity contribution in [1.29, 1.82) is 0 Å². The molecule has 0 saturated carbocycles. The Morgan fingerprint density at radius 3 is 2.58 bits per heavy atom. The van der Waals surface area contributed by atoms with Crippen molar-refractivity contribution in [2.24, 2.45) is 5.41 Å². The second-order valence-corrected chi connectivity index (χ2v) is 12.2. The van der Waals surface area contributed by atoms with E-state index in [2.05, 4.69) is 59.1 Å². The molecular formula is C30H39N7O3. The highest BCUT2D eigenvalue weighted by atomic mass is 16.2. The summed E-state index contributed by atoms with van der Waals surface area (Å²) in [4.78, 5) is 39.1.